The largest absolute Gasteiger partial charge is 0.355 e. The van der Waals surface area contributed by atoms with Gasteiger partial charge < -0.3 is 5.32 Å². The Morgan fingerprint density at radius 2 is 1.94 bits per heavy atom. The van der Waals surface area contributed by atoms with Crippen LogP contribution in [0.4, 0.5) is 0 Å². The molecule has 1 N–H and O–H groups in total. The number of carbonyl (C=O) groups excluding carboxylic acids is 1. The molecule has 3 heteroatoms. The maximum atomic E-state index is 12.6. The standard InChI is InChI=1S/C15H24BrNO/c1-10(16)8-17-13(18)15-6-11-3-12(7-15)5-14(2,4-11)9-15/h10-12H,3-9H2,1-2H3,(H,17,18). The molecule has 102 valence electrons. The zero-order chi connectivity index (χ0) is 13.0. The van der Waals surface area contributed by atoms with Crippen LogP contribution in [0.5, 0.6) is 0 Å². The summed E-state index contributed by atoms with van der Waals surface area (Å²) in [5.41, 5.74) is 0.447. The van der Waals surface area contributed by atoms with Crippen LogP contribution in [0.25, 0.3) is 0 Å². The van der Waals surface area contributed by atoms with E-state index < -0.39 is 0 Å². The van der Waals surface area contributed by atoms with Gasteiger partial charge >= 0.3 is 0 Å². The highest BCUT2D eigenvalue weighted by Gasteiger charge is 2.58. The topological polar surface area (TPSA) is 29.1 Å². The van der Waals surface area contributed by atoms with Gasteiger partial charge in [0.1, 0.15) is 0 Å². The zero-order valence-electron chi connectivity index (χ0n) is 11.5. The van der Waals surface area contributed by atoms with Gasteiger partial charge in [0, 0.05) is 11.4 Å². The smallest absolute Gasteiger partial charge is 0.226 e. The molecule has 4 aliphatic carbocycles. The molecule has 3 unspecified atom stereocenters. The predicted molar refractivity (Wildman–Crippen MR) is 76.6 cm³/mol. The van der Waals surface area contributed by atoms with E-state index in [0.717, 1.165) is 37.6 Å². The zero-order valence-corrected chi connectivity index (χ0v) is 13.1. The highest BCUT2D eigenvalue weighted by molar-refractivity contribution is 9.09. The first kappa shape index (κ1) is 13.0. The number of carbonyl (C=O) groups is 1. The van der Waals surface area contributed by atoms with E-state index >= 15 is 0 Å². The van der Waals surface area contributed by atoms with Crippen molar-refractivity contribution < 1.29 is 4.79 Å². The van der Waals surface area contributed by atoms with E-state index in [1.54, 1.807) is 0 Å². The maximum Gasteiger partial charge on any atom is 0.226 e. The van der Waals surface area contributed by atoms with Crippen molar-refractivity contribution in [2.45, 2.75) is 57.2 Å². The molecule has 4 aliphatic rings. The fourth-order valence-corrected chi connectivity index (χ4v) is 5.57. The van der Waals surface area contributed by atoms with Crippen LogP contribution in [0.2, 0.25) is 0 Å². The van der Waals surface area contributed by atoms with Gasteiger partial charge in [0.25, 0.3) is 0 Å². The van der Waals surface area contributed by atoms with Crippen molar-refractivity contribution in [3.05, 3.63) is 0 Å². The van der Waals surface area contributed by atoms with E-state index in [9.17, 15) is 4.79 Å². The van der Waals surface area contributed by atoms with Gasteiger partial charge in [0.15, 0.2) is 0 Å². The SMILES string of the molecule is CC(Br)CNC(=O)C12CC3CC(CC(C)(C3)C1)C2. The number of alkyl halides is 1. The van der Waals surface area contributed by atoms with Crippen LogP contribution < -0.4 is 5.32 Å². The van der Waals surface area contributed by atoms with Gasteiger partial charge in [-0.25, -0.2) is 0 Å². The van der Waals surface area contributed by atoms with E-state index in [-0.39, 0.29) is 5.41 Å². The fourth-order valence-electron chi connectivity index (χ4n) is 5.41. The molecule has 18 heavy (non-hydrogen) atoms. The molecule has 1 amide bonds. The summed E-state index contributed by atoms with van der Waals surface area (Å²) < 4.78 is 0. The van der Waals surface area contributed by atoms with E-state index in [4.69, 9.17) is 0 Å². The third-order valence-corrected chi connectivity index (χ3v) is 5.70. The van der Waals surface area contributed by atoms with Crippen LogP contribution in [0.3, 0.4) is 0 Å². The predicted octanol–water partition coefficient (Wildman–Crippen LogP) is 3.49. The molecule has 0 aliphatic heterocycles. The van der Waals surface area contributed by atoms with Crippen molar-refractivity contribution in [3.63, 3.8) is 0 Å². The van der Waals surface area contributed by atoms with Crippen LogP contribution in [0.15, 0.2) is 0 Å². The van der Waals surface area contributed by atoms with Gasteiger partial charge in [-0.2, -0.15) is 0 Å². The summed E-state index contributed by atoms with van der Waals surface area (Å²) in [4.78, 5) is 13.0. The van der Waals surface area contributed by atoms with Crippen LogP contribution in [0, 0.1) is 22.7 Å². The summed E-state index contributed by atoms with van der Waals surface area (Å²) in [6.45, 7) is 5.26. The lowest BCUT2D eigenvalue weighted by molar-refractivity contribution is -0.155. The molecular weight excluding hydrogens is 290 g/mol. The van der Waals surface area contributed by atoms with Gasteiger partial charge in [-0.15, -0.1) is 0 Å². The summed E-state index contributed by atoms with van der Waals surface area (Å²) in [5.74, 6) is 1.99. The van der Waals surface area contributed by atoms with Gasteiger partial charge in [-0.1, -0.05) is 29.8 Å². The van der Waals surface area contributed by atoms with E-state index in [1.807, 2.05) is 0 Å². The van der Waals surface area contributed by atoms with Crippen molar-refractivity contribution in [1.29, 1.82) is 0 Å². The number of hydrogen-bond acceptors (Lipinski definition) is 1. The monoisotopic (exact) mass is 313 g/mol. The normalized spacial score (nSPS) is 47.1. The first-order chi connectivity index (χ1) is 8.41. The first-order valence-corrected chi connectivity index (χ1v) is 8.25. The minimum atomic E-state index is -0.0132. The Morgan fingerprint density at radius 1 is 1.33 bits per heavy atom. The Balaban J connectivity index is 1.76. The minimum Gasteiger partial charge on any atom is -0.355 e. The van der Waals surface area contributed by atoms with Crippen molar-refractivity contribution >= 4 is 21.8 Å². The van der Waals surface area contributed by atoms with Crippen molar-refractivity contribution in [2.75, 3.05) is 6.54 Å². The van der Waals surface area contributed by atoms with Gasteiger partial charge in [-0.3, -0.25) is 4.79 Å². The number of nitrogens with one attached hydrogen (secondary N) is 1. The molecule has 0 radical (unpaired) electrons. The van der Waals surface area contributed by atoms with Gasteiger partial charge in [0.05, 0.1) is 5.41 Å². The van der Waals surface area contributed by atoms with Crippen LogP contribution in [-0.4, -0.2) is 17.3 Å². The van der Waals surface area contributed by atoms with E-state index in [1.165, 1.54) is 19.3 Å². The van der Waals surface area contributed by atoms with Gasteiger partial charge in [0.2, 0.25) is 5.91 Å². The third kappa shape index (κ3) is 2.13. The maximum absolute atomic E-state index is 12.6. The Labute approximate surface area is 118 Å². The highest BCUT2D eigenvalue weighted by Crippen LogP contribution is 2.65. The van der Waals surface area contributed by atoms with E-state index in [0.29, 0.717) is 16.1 Å². The molecule has 0 spiro atoms. The molecule has 4 fully saturated rings. The lowest BCUT2D eigenvalue weighted by Gasteiger charge is -2.60. The Morgan fingerprint density at radius 3 is 2.44 bits per heavy atom. The summed E-state index contributed by atoms with van der Waals surface area (Å²) >= 11 is 3.51. The van der Waals surface area contributed by atoms with Crippen molar-refractivity contribution in [2.24, 2.45) is 22.7 Å². The first-order valence-electron chi connectivity index (χ1n) is 7.33. The quantitative estimate of drug-likeness (QED) is 0.794. The molecule has 0 aromatic heterocycles. The molecule has 3 atom stereocenters. The van der Waals surface area contributed by atoms with Crippen LogP contribution >= 0.6 is 15.9 Å². The molecule has 0 saturated heterocycles. The Bertz CT molecular complexity index is 352. The van der Waals surface area contributed by atoms with Gasteiger partial charge in [-0.05, 0) is 55.8 Å². The Kier molecular flexibility index (Phi) is 3.04. The van der Waals surface area contributed by atoms with Crippen molar-refractivity contribution in [3.8, 4) is 0 Å². The molecular formula is C15H24BrNO. The van der Waals surface area contributed by atoms with Crippen molar-refractivity contribution in [1.82, 2.24) is 5.32 Å². The molecule has 4 rings (SSSR count). The van der Waals surface area contributed by atoms with E-state index in [2.05, 4.69) is 35.1 Å². The number of amides is 1. The minimum absolute atomic E-state index is 0.0132. The Hall–Kier alpha value is -0.0500. The van der Waals surface area contributed by atoms with Crippen LogP contribution in [0.1, 0.15) is 52.4 Å². The second-order valence-corrected chi connectivity index (χ2v) is 9.11. The number of halogens is 1. The number of rotatable bonds is 3. The average Bonchev–Trinajstić information content (AvgIpc) is 2.22. The second kappa shape index (κ2) is 4.22. The average molecular weight is 314 g/mol. The molecule has 0 aromatic carbocycles. The summed E-state index contributed by atoms with van der Waals surface area (Å²) in [6.07, 6.45) is 7.57. The highest BCUT2D eigenvalue weighted by atomic mass is 79.9. The molecule has 4 bridgehead atoms. The fraction of sp³-hybridized carbons (Fsp3) is 0.933. The third-order valence-electron chi connectivity index (χ3n) is 5.38. The molecule has 0 heterocycles. The summed E-state index contributed by atoms with van der Waals surface area (Å²) in [6, 6.07) is 0. The lowest BCUT2D eigenvalue weighted by atomic mass is 9.44. The van der Waals surface area contributed by atoms with Crippen LogP contribution in [-0.2, 0) is 4.79 Å². The summed E-state index contributed by atoms with van der Waals surface area (Å²) in [5, 5.41) is 3.17. The number of hydrogen-bond donors (Lipinski definition) is 1. The molecule has 4 saturated carbocycles. The molecule has 2 nitrogen and oxygen atoms in total. The summed E-state index contributed by atoms with van der Waals surface area (Å²) in [7, 11) is 0. The lowest BCUT2D eigenvalue weighted by Crippen LogP contribution is -2.57. The molecule has 0 aromatic rings. The second-order valence-electron chi connectivity index (χ2n) is 7.54.